The Hall–Kier alpha value is -4.12. The SMILES string of the molecule is Cc1cc(C)n(-c2ccc(C(=O)NC[C@@H](c3ccccc3)c3c[nH]c4ccccc34)cc2)n1. The van der Waals surface area contributed by atoms with E-state index in [1.807, 2.05) is 79.2 Å². The molecule has 2 heterocycles. The number of rotatable bonds is 6. The van der Waals surface area contributed by atoms with Crippen molar-refractivity contribution in [3.63, 3.8) is 0 Å². The van der Waals surface area contributed by atoms with Crippen molar-refractivity contribution < 1.29 is 4.79 Å². The molecule has 0 unspecified atom stereocenters. The Morgan fingerprint density at radius 2 is 1.70 bits per heavy atom. The van der Waals surface area contributed by atoms with Gasteiger partial charge in [-0.05, 0) is 61.4 Å². The van der Waals surface area contributed by atoms with Crippen molar-refractivity contribution in [3.05, 3.63) is 119 Å². The summed E-state index contributed by atoms with van der Waals surface area (Å²) in [6, 6.07) is 28.2. The number of hydrogen-bond acceptors (Lipinski definition) is 2. The molecule has 0 radical (unpaired) electrons. The molecule has 0 spiro atoms. The highest BCUT2D eigenvalue weighted by Gasteiger charge is 2.19. The van der Waals surface area contributed by atoms with Crippen LogP contribution in [0, 0.1) is 13.8 Å². The van der Waals surface area contributed by atoms with Crippen LogP contribution in [0.3, 0.4) is 0 Å². The van der Waals surface area contributed by atoms with E-state index in [1.165, 1.54) is 16.5 Å². The number of nitrogens with one attached hydrogen (secondary N) is 2. The Morgan fingerprint density at radius 3 is 2.42 bits per heavy atom. The molecule has 0 aliphatic rings. The smallest absolute Gasteiger partial charge is 0.251 e. The lowest BCUT2D eigenvalue weighted by atomic mass is 9.91. The van der Waals surface area contributed by atoms with Crippen LogP contribution in [0.2, 0.25) is 0 Å². The number of nitrogens with zero attached hydrogens (tertiary/aromatic N) is 2. The van der Waals surface area contributed by atoms with Gasteiger partial charge in [-0.25, -0.2) is 4.68 Å². The van der Waals surface area contributed by atoms with E-state index in [1.54, 1.807) is 0 Å². The number of amides is 1. The summed E-state index contributed by atoms with van der Waals surface area (Å²) in [4.78, 5) is 16.4. The van der Waals surface area contributed by atoms with E-state index in [-0.39, 0.29) is 11.8 Å². The molecular formula is C28H26N4O. The highest BCUT2D eigenvalue weighted by atomic mass is 16.1. The molecule has 3 aromatic carbocycles. The van der Waals surface area contributed by atoms with Crippen LogP contribution in [-0.4, -0.2) is 27.2 Å². The quantitative estimate of drug-likeness (QED) is 0.369. The maximum Gasteiger partial charge on any atom is 0.251 e. The van der Waals surface area contributed by atoms with Gasteiger partial charge < -0.3 is 10.3 Å². The van der Waals surface area contributed by atoms with Gasteiger partial charge in [-0.2, -0.15) is 5.10 Å². The first-order chi connectivity index (χ1) is 16.1. The van der Waals surface area contributed by atoms with E-state index in [2.05, 4.69) is 45.9 Å². The summed E-state index contributed by atoms with van der Waals surface area (Å²) in [5.74, 6) is -0.0454. The van der Waals surface area contributed by atoms with Crippen molar-refractivity contribution >= 4 is 16.8 Å². The van der Waals surface area contributed by atoms with Gasteiger partial charge in [0.25, 0.3) is 5.91 Å². The van der Waals surface area contributed by atoms with Crippen LogP contribution in [0.5, 0.6) is 0 Å². The molecule has 5 rings (SSSR count). The zero-order valence-electron chi connectivity index (χ0n) is 18.7. The Morgan fingerprint density at radius 1 is 0.970 bits per heavy atom. The summed E-state index contributed by atoms with van der Waals surface area (Å²) in [5.41, 5.74) is 7.05. The van der Waals surface area contributed by atoms with Crippen LogP contribution in [0.15, 0.2) is 91.1 Å². The van der Waals surface area contributed by atoms with Crippen LogP contribution in [0.4, 0.5) is 0 Å². The Balaban J connectivity index is 1.37. The molecule has 2 aromatic heterocycles. The van der Waals surface area contributed by atoms with Crippen molar-refractivity contribution in [1.82, 2.24) is 20.1 Å². The summed E-state index contributed by atoms with van der Waals surface area (Å²) < 4.78 is 1.89. The molecule has 0 fully saturated rings. The minimum absolute atomic E-state index is 0.0419. The summed E-state index contributed by atoms with van der Waals surface area (Å²) in [6.07, 6.45) is 2.05. The maximum absolute atomic E-state index is 13.0. The fraction of sp³-hybridized carbons (Fsp3) is 0.143. The fourth-order valence-corrected chi connectivity index (χ4v) is 4.42. The molecule has 0 saturated heterocycles. The van der Waals surface area contributed by atoms with Gasteiger partial charge in [0.05, 0.1) is 11.4 Å². The normalized spacial score (nSPS) is 12.1. The van der Waals surface area contributed by atoms with Crippen LogP contribution in [-0.2, 0) is 0 Å². The second kappa shape index (κ2) is 8.79. The summed E-state index contributed by atoms with van der Waals surface area (Å²) in [6.45, 7) is 4.50. The topological polar surface area (TPSA) is 62.7 Å². The number of aromatic nitrogens is 3. The Bertz CT molecular complexity index is 1400. The third-order valence-corrected chi connectivity index (χ3v) is 6.05. The monoisotopic (exact) mass is 434 g/mol. The predicted molar refractivity (Wildman–Crippen MR) is 132 cm³/mol. The molecule has 0 saturated carbocycles. The number of carbonyl (C=O) groups excluding carboxylic acids is 1. The number of H-pyrrole nitrogens is 1. The maximum atomic E-state index is 13.0. The highest BCUT2D eigenvalue weighted by molar-refractivity contribution is 5.94. The van der Waals surface area contributed by atoms with Gasteiger partial charge in [-0.15, -0.1) is 0 Å². The molecular weight excluding hydrogens is 408 g/mol. The van der Waals surface area contributed by atoms with Crippen LogP contribution in [0.1, 0.15) is 38.8 Å². The fourth-order valence-electron chi connectivity index (χ4n) is 4.42. The number of hydrogen-bond donors (Lipinski definition) is 2. The number of aromatic amines is 1. The van der Waals surface area contributed by atoms with Crippen LogP contribution < -0.4 is 5.32 Å². The largest absolute Gasteiger partial charge is 0.361 e. The zero-order valence-corrected chi connectivity index (χ0v) is 18.7. The molecule has 0 bridgehead atoms. The lowest BCUT2D eigenvalue weighted by molar-refractivity contribution is 0.0952. The molecule has 5 aromatic rings. The average molecular weight is 435 g/mol. The van der Waals surface area contributed by atoms with E-state index in [0.717, 1.165) is 22.6 Å². The minimum atomic E-state index is -0.0873. The van der Waals surface area contributed by atoms with Crippen LogP contribution in [0.25, 0.3) is 16.6 Å². The zero-order chi connectivity index (χ0) is 22.8. The average Bonchev–Trinajstić information content (AvgIpc) is 3.42. The first-order valence-electron chi connectivity index (χ1n) is 11.1. The molecule has 1 amide bonds. The lowest BCUT2D eigenvalue weighted by Crippen LogP contribution is -2.28. The summed E-state index contributed by atoms with van der Waals surface area (Å²) in [7, 11) is 0. The van der Waals surface area contributed by atoms with E-state index in [0.29, 0.717) is 12.1 Å². The molecule has 2 N–H and O–H groups in total. The molecule has 5 nitrogen and oxygen atoms in total. The Kier molecular flexibility index (Phi) is 5.53. The third-order valence-electron chi connectivity index (χ3n) is 6.05. The van der Waals surface area contributed by atoms with Gasteiger partial charge in [0, 0.05) is 40.8 Å². The number of carbonyl (C=O) groups is 1. The number of fused-ring (bicyclic) bond motifs is 1. The van der Waals surface area contributed by atoms with Gasteiger partial charge in [0.15, 0.2) is 0 Å². The summed E-state index contributed by atoms with van der Waals surface area (Å²) >= 11 is 0. The first kappa shape index (κ1) is 20.8. The highest BCUT2D eigenvalue weighted by Crippen LogP contribution is 2.30. The van der Waals surface area contributed by atoms with Crippen molar-refractivity contribution in [3.8, 4) is 5.69 Å². The minimum Gasteiger partial charge on any atom is -0.361 e. The van der Waals surface area contributed by atoms with E-state index in [9.17, 15) is 4.79 Å². The van der Waals surface area contributed by atoms with Crippen molar-refractivity contribution in [2.75, 3.05) is 6.54 Å². The van der Waals surface area contributed by atoms with Gasteiger partial charge >= 0.3 is 0 Å². The Labute approximate surface area is 193 Å². The molecule has 0 aliphatic carbocycles. The molecule has 1 atom stereocenters. The van der Waals surface area contributed by atoms with E-state index < -0.39 is 0 Å². The molecule has 5 heteroatoms. The molecule has 33 heavy (non-hydrogen) atoms. The predicted octanol–water partition coefficient (Wildman–Crippen LogP) is 5.53. The van der Waals surface area contributed by atoms with E-state index >= 15 is 0 Å². The van der Waals surface area contributed by atoms with Gasteiger partial charge in [0.2, 0.25) is 0 Å². The number of aryl methyl sites for hydroxylation is 2. The first-order valence-corrected chi connectivity index (χ1v) is 11.1. The van der Waals surface area contributed by atoms with Gasteiger partial charge in [-0.3, -0.25) is 4.79 Å². The van der Waals surface area contributed by atoms with Crippen molar-refractivity contribution in [2.45, 2.75) is 19.8 Å². The molecule has 0 aliphatic heterocycles. The number of benzene rings is 3. The van der Waals surface area contributed by atoms with Crippen molar-refractivity contribution in [2.24, 2.45) is 0 Å². The van der Waals surface area contributed by atoms with Gasteiger partial charge in [-0.1, -0.05) is 48.5 Å². The summed E-state index contributed by atoms with van der Waals surface area (Å²) in [5, 5.41) is 8.84. The third kappa shape index (κ3) is 4.17. The number of para-hydroxylation sites is 1. The van der Waals surface area contributed by atoms with E-state index in [4.69, 9.17) is 0 Å². The standard InChI is InChI=1S/C28H26N4O/c1-19-16-20(2)32(31-19)23-14-12-22(13-15-23)28(33)30-17-25(21-8-4-3-5-9-21)26-18-29-27-11-7-6-10-24(26)27/h3-16,18,25,29H,17H2,1-2H3,(H,30,33)/t25-/m0/s1. The van der Waals surface area contributed by atoms with Crippen molar-refractivity contribution in [1.29, 1.82) is 0 Å². The second-order valence-electron chi connectivity index (χ2n) is 8.35. The second-order valence-corrected chi connectivity index (χ2v) is 8.35. The van der Waals surface area contributed by atoms with Gasteiger partial charge in [0.1, 0.15) is 0 Å². The lowest BCUT2D eigenvalue weighted by Gasteiger charge is -2.18. The molecule has 164 valence electrons. The van der Waals surface area contributed by atoms with Crippen LogP contribution >= 0.6 is 0 Å².